The Morgan fingerprint density at radius 3 is 2.81 bits per heavy atom. The Hall–Kier alpha value is -1.10. The zero-order valence-electron chi connectivity index (χ0n) is 9.10. The SMILES string of the molecule is COc1ccc2c(c1)C1(CC2O)OCCO1. The maximum Gasteiger partial charge on any atom is 0.198 e. The molecule has 1 fully saturated rings. The predicted octanol–water partition coefficient (Wildman–Crippen LogP) is 1.33. The van der Waals surface area contributed by atoms with Crippen molar-refractivity contribution >= 4 is 0 Å². The number of methoxy groups -OCH3 is 1. The van der Waals surface area contributed by atoms with Crippen LogP contribution in [0.5, 0.6) is 5.75 Å². The normalized spacial score (nSPS) is 26.0. The second-order valence-corrected chi connectivity index (χ2v) is 4.12. The van der Waals surface area contributed by atoms with E-state index in [4.69, 9.17) is 14.2 Å². The maximum absolute atomic E-state index is 9.97. The van der Waals surface area contributed by atoms with E-state index in [2.05, 4.69) is 0 Å². The van der Waals surface area contributed by atoms with Crippen molar-refractivity contribution in [2.45, 2.75) is 18.3 Å². The van der Waals surface area contributed by atoms with Crippen LogP contribution in [0, 0.1) is 0 Å². The molecule has 1 unspecified atom stereocenters. The number of hydrogen-bond acceptors (Lipinski definition) is 4. The number of aliphatic hydroxyl groups is 1. The largest absolute Gasteiger partial charge is 0.497 e. The summed E-state index contributed by atoms with van der Waals surface area (Å²) in [6.45, 7) is 1.15. The number of fused-ring (bicyclic) bond motifs is 2. The van der Waals surface area contributed by atoms with Gasteiger partial charge in [0.25, 0.3) is 0 Å². The Morgan fingerprint density at radius 2 is 2.12 bits per heavy atom. The Labute approximate surface area is 93.7 Å². The van der Waals surface area contributed by atoms with Gasteiger partial charge in [0, 0.05) is 12.0 Å². The lowest BCUT2D eigenvalue weighted by atomic mass is 10.1. The molecule has 0 amide bonds. The molecule has 4 heteroatoms. The standard InChI is InChI=1S/C12H14O4/c1-14-8-2-3-9-10(6-8)12(7-11(9)13)15-4-5-16-12/h2-3,6,11,13H,4-5,7H2,1H3. The Bertz CT molecular complexity index is 409. The van der Waals surface area contributed by atoms with Gasteiger partial charge in [0.1, 0.15) is 5.75 Å². The minimum atomic E-state index is -0.747. The minimum absolute atomic E-state index is 0.468. The lowest BCUT2D eigenvalue weighted by Crippen LogP contribution is -2.23. The van der Waals surface area contributed by atoms with E-state index in [9.17, 15) is 5.11 Å². The molecule has 0 saturated carbocycles. The molecular formula is C12H14O4. The highest BCUT2D eigenvalue weighted by molar-refractivity contribution is 5.43. The van der Waals surface area contributed by atoms with Crippen LogP contribution in [0.25, 0.3) is 0 Å². The molecule has 1 heterocycles. The Morgan fingerprint density at radius 1 is 1.38 bits per heavy atom. The third kappa shape index (κ3) is 1.27. The van der Waals surface area contributed by atoms with Crippen molar-refractivity contribution in [2.75, 3.05) is 20.3 Å². The average Bonchev–Trinajstić information content (AvgIpc) is 2.87. The molecule has 2 aliphatic rings. The van der Waals surface area contributed by atoms with Gasteiger partial charge in [0.15, 0.2) is 5.79 Å². The second kappa shape index (κ2) is 3.45. The van der Waals surface area contributed by atoms with E-state index in [1.807, 2.05) is 18.2 Å². The third-order valence-electron chi connectivity index (χ3n) is 3.25. The van der Waals surface area contributed by atoms with Gasteiger partial charge in [-0.05, 0) is 17.7 Å². The highest BCUT2D eigenvalue weighted by Crippen LogP contribution is 2.49. The van der Waals surface area contributed by atoms with Crippen LogP contribution in [0.15, 0.2) is 18.2 Å². The molecule has 16 heavy (non-hydrogen) atoms. The number of rotatable bonds is 1. The van der Waals surface area contributed by atoms with Crippen molar-refractivity contribution in [3.8, 4) is 5.75 Å². The topological polar surface area (TPSA) is 47.9 Å². The van der Waals surface area contributed by atoms with Crippen molar-refractivity contribution < 1.29 is 19.3 Å². The fourth-order valence-electron chi connectivity index (χ4n) is 2.49. The summed E-state index contributed by atoms with van der Waals surface area (Å²) in [7, 11) is 1.62. The van der Waals surface area contributed by atoms with Crippen LogP contribution in [0.4, 0.5) is 0 Å². The van der Waals surface area contributed by atoms with E-state index in [0.717, 1.165) is 16.9 Å². The molecule has 0 radical (unpaired) electrons. The predicted molar refractivity (Wildman–Crippen MR) is 56.2 cm³/mol. The van der Waals surface area contributed by atoms with Gasteiger partial charge in [-0.25, -0.2) is 0 Å². The van der Waals surface area contributed by atoms with E-state index in [1.54, 1.807) is 7.11 Å². The minimum Gasteiger partial charge on any atom is -0.497 e. The van der Waals surface area contributed by atoms with Crippen molar-refractivity contribution in [3.63, 3.8) is 0 Å². The summed E-state index contributed by atoms with van der Waals surface area (Å²) < 4.78 is 16.5. The summed E-state index contributed by atoms with van der Waals surface area (Å²) in [5, 5.41) is 9.97. The molecule has 1 N–H and O–H groups in total. The zero-order valence-corrected chi connectivity index (χ0v) is 9.10. The first-order chi connectivity index (χ1) is 7.75. The van der Waals surface area contributed by atoms with Gasteiger partial charge in [-0.1, -0.05) is 6.07 Å². The molecule has 86 valence electrons. The number of benzene rings is 1. The van der Waals surface area contributed by atoms with Crippen LogP contribution in [0.2, 0.25) is 0 Å². The highest BCUT2D eigenvalue weighted by atomic mass is 16.7. The smallest absolute Gasteiger partial charge is 0.198 e. The first-order valence-corrected chi connectivity index (χ1v) is 5.39. The molecule has 1 spiro atoms. The lowest BCUT2D eigenvalue weighted by molar-refractivity contribution is -0.174. The summed E-state index contributed by atoms with van der Waals surface area (Å²) in [6, 6.07) is 5.60. The first-order valence-electron chi connectivity index (χ1n) is 5.39. The zero-order chi connectivity index (χ0) is 11.2. The van der Waals surface area contributed by atoms with Gasteiger partial charge in [0.2, 0.25) is 0 Å². The van der Waals surface area contributed by atoms with Crippen LogP contribution in [0.3, 0.4) is 0 Å². The number of hydrogen-bond donors (Lipinski definition) is 1. The van der Waals surface area contributed by atoms with Crippen molar-refractivity contribution in [2.24, 2.45) is 0 Å². The molecular weight excluding hydrogens is 208 g/mol. The van der Waals surface area contributed by atoms with Crippen LogP contribution in [0.1, 0.15) is 23.7 Å². The molecule has 1 aliphatic heterocycles. The van der Waals surface area contributed by atoms with Crippen LogP contribution >= 0.6 is 0 Å². The molecule has 3 rings (SSSR count). The fraction of sp³-hybridized carbons (Fsp3) is 0.500. The summed E-state index contributed by atoms with van der Waals surface area (Å²) in [5.74, 6) is 0.00912. The van der Waals surface area contributed by atoms with Gasteiger partial charge in [-0.2, -0.15) is 0 Å². The molecule has 1 saturated heterocycles. The van der Waals surface area contributed by atoms with E-state index >= 15 is 0 Å². The summed E-state index contributed by atoms with van der Waals surface area (Å²) in [6.07, 6.45) is -0.0471. The molecule has 0 aromatic heterocycles. The van der Waals surface area contributed by atoms with Gasteiger partial charge in [-0.3, -0.25) is 0 Å². The van der Waals surface area contributed by atoms with E-state index in [-0.39, 0.29) is 0 Å². The highest BCUT2D eigenvalue weighted by Gasteiger charge is 2.48. The lowest BCUT2D eigenvalue weighted by Gasteiger charge is -2.22. The molecule has 4 nitrogen and oxygen atoms in total. The number of ether oxygens (including phenoxy) is 3. The molecule has 1 aliphatic carbocycles. The van der Waals surface area contributed by atoms with Crippen LogP contribution in [-0.4, -0.2) is 25.4 Å². The van der Waals surface area contributed by atoms with Crippen molar-refractivity contribution in [1.82, 2.24) is 0 Å². The second-order valence-electron chi connectivity index (χ2n) is 4.12. The fourth-order valence-corrected chi connectivity index (χ4v) is 2.49. The van der Waals surface area contributed by atoms with E-state index in [1.165, 1.54) is 0 Å². The summed E-state index contributed by atoms with van der Waals surface area (Å²) in [5.41, 5.74) is 1.78. The number of aliphatic hydroxyl groups excluding tert-OH is 1. The van der Waals surface area contributed by atoms with Crippen LogP contribution in [-0.2, 0) is 15.3 Å². The van der Waals surface area contributed by atoms with Crippen molar-refractivity contribution in [3.05, 3.63) is 29.3 Å². The summed E-state index contributed by atoms with van der Waals surface area (Å²) >= 11 is 0. The Kier molecular flexibility index (Phi) is 2.17. The molecule has 0 bridgehead atoms. The third-order valence-corrected chi connectivity index (χ3v) is 3.25. The van der Waals surface area contributed by atoms with Gasteiger partial charge in [0.05, 0.1) is 26.4 Å². The van der Waals surface area contributed by atoms with Crippen LogP contribution < -0.4 is 4.74 Å². The maximum atomic E-state index is 9.97. The molecule has 1 aromatic rings. The Balaban J connectivity index is 2.11. The average molecular weight is 222 g/mol. The van der Waals surface area contributed by atoms with E-state index in [0.29, 0.717) is 19.6 Å². The van der Waals surface area contributed by atoms with Gasteiger partial charge >= 0.3 is 0 Å². The van der Waals surface area contributed by atoms with Gasteiger partial charge < -0.3 is 19.3 Å². The molecule has 1 aromatic carbocycles. The quantitative estimate of drug-likeness (QED) is 0.778. The summed E-state index contributed by atoms with van der Waals surface area (Å²) in [4.78, 5) is 0. The van der Waals surface area contributed by atoms with Crippen molar-refractivity contribution in [1.29, 1.82) is 0 Å². The van der Waals surface area contributed by atoms with E-state index < -0.39 is 11.9 Å². The molecule has 1 atom stereocenters. The van der Waals surface area contributed by atoms with Gasteiger partial charge in [-0.15, -0.1) is 0 Å². The first kappa shape index (κ1) is 10.1. The monoisotopic (exact) mass is 222 g/mol.